The molecule has 0 aliphatic carbocycles. The number of hydrogen-bond acceptors (Lipinski definition) is 2. The van der Waals surface area contributed by atoms with Gasteiger partial charge in [-0.15, -0.1) is 11.6 Å². The van der Waals surface area contributed by atoms with Crippen LogP contribution in [-0.2, 0) is 23.6 Å². The molecule has 0 saturated carbocycles. The van der Waals surface area contributed by atoms with Crippen LogP contribution in [-0.4, -0.2) is 7.11 Å². The third kappa shape index (κ3) is 2.90. The van der Waals surface area contributed by atoms with Gasteiger partial charge in [0.2, 0.25) is 0 Å². The standard InChI is InChI=1S/C19H19ClO2/c1-3-13-5-4-6-15(7-13)18-9-14(11-20)8-16-10-17(12-21-2)22-19(16)18/h4-10H,3,11-12H2,1-2H3. The van der Waals surface area contributed by atoms with Crippen LogP contribution in [0.1, 0.15) is 23.8 Å². The summed E-state index contributed by atoms with van der Waals surface area (Å²) in [6.07, 6.45) is 1.01. The summed E-state index contributed by atoms with van der Waals surface area (Å²) in [7, 11) is 1.67. The van der Waals surface area contributed by atoms with Gasteiger partial charge in [-0.25, -0.2) is 0 Å². The molecule has 0 saturated heterocycles. The van der Waals surface area contributed by atoms with Gasteiger partial charge in [0.1, 0.15) is 18.0 Å². The number of rotatable bonds is 5. The minimum absolute atomic E-state index is 0.472. The molecule has 2 nitrogen and oxygen atoms in total. The van der Waals surface area contributed by atoms with Crippen LogP contribution in [0.4, 0.5) is 0 Å². The third-order valence-corrected chi connectivity index (χ3v) is 4.12. The van der Waals surface area contributed by atoms with Crippen LogP contribution in [0, 0.1) is 0 Å². The Bertz CT molecular complexity index is 789. The molecule has 0 bridgehead atoms. The van der Waals surface area contributed by atoms with Crippen LogP contribution in [0.3, 0.4) is 0 Å². The predicted molar refractivity (Wildman–Crippen MR) is 91.3 cm³/mol. The van der Waals surface area contributed by atoms with E-state index in [1.807, 2.05) is 6.07 Å². The van der Waals surface area contributed by atoms with Crippen molar-refractivity contribution in [1.29, 1.82) is 0 Å². The van der Waals surface area contributed by atoms with E-state index in [0.717, 1.165) is 39.8 Å². The highest BCUT2D eigenvalue weighted by Crippen LogP contribution is 2.33. The lowest BCUT2D eigenvalue weighted by Gasteiger charge is -2.07. The second-order valence-electron chi connectivity index (χ2n) is 5.40. The summed E-state index contributed by atoms with van der Waals surface area (Å²) >= 11 is 6.06. The van der Waals surface area contributed by atoms with Crippen molar-refractivity contribution in [2.75, 3.05) is 7.11 Å². The molecule has 2 aromatic carbocycles. The molecule has 114 valence electrons. The first-order valence-corrected chi connectivity index (χ1v) is 7.98. The summed E-state index contributed by atoms with van der Waals surface area (Å²) in [5.74, 6) is 1.32. The van der Waals surface area contributed by atoms with Gasteiger partial charge in [-0.1, -0.05) is 31.2 Å². The van der Waals surface area contributed by atoms with E-state index in [-0.39, 0.29) is 0 Å². The molecule has 3 heteroatoms. The smallest absolute Gasteiger partial charge is 0.142 e. The molecule has 3 aromatic rings. The third-order valence-electron chi connectivity index (χ3n) is 3.81. The molecular formula is C19H19ClO2. The minimum atomic E-state index is 0.472. The highest BCUT2D eigenvalue weighted by molar-refractivity contribution is 6.17. The molecule has 0 fully saturated rings. The molecule has 1 heterocycles. The van der Waals surface area contributed by atoms with Crippen molar-refractivity contribution in [3.63, 3.8) is 0 Å². The molecule has 0 N–H and O–H groups in total. The number of halogens is 1. The van der Waals surface area contributed by atoms with Crippen LogP contribution in [0.2, 0.25) is 0 Å². The summed E-state index contributed by atoms with van der Waals surface area (Å²) in [6, 6.07) is 14.8. The molecule has 0 spiro atoms. The van der Waals surface area contributed by atoms with E-state index in [2.05, 4.69) is 43.3 Å². The molecule has 0 atom stereocenters. The van der Waals surface area contributed by atoms with Gasteiger partial charge in [0, 0.05) is 23.9 Å². The van der Waals surface area contributed by atoms with E-state index in [1.54, 1.807) is 7.11 Å². The normalized spacial score (nSPS) is 11.2. The monoisotopic (exact) mass is 314 g/mol. The van der Waals surface area contributed by atoms with Gasteiger partial charge in [0.05, 0.1) is 0 Å². The topological polar surface area (TPSA) is 22.4 Å². The van der Waals surface area contributed by atoms with Crippen LogP contribution < -0.4 is 0 Å². The first kappa shape index (κ1) is 15.1. The van der Waals surface area contributed by atoms with E-state index in [1.165, 1.54) is 5.56 Å². The van der Waals surface area contributed by atoms with Crippen molar-refractivity contribution in [3.8, 4) is 11.1 Å². The number of alkyl halides is 1. The van der Waals surface area contributed by atoms with E-state index >= 15 is 0 Å². The van der Waals surface area contributed by atoms with Crippen molar-refractivity contribution in [2.45, 2.75) is 25.8 Å². The second-order valence-corrected chi connectivity index (χ2v) is 5.66. The van der Waals surface area contributed by atoms with Gasteiger partial charge in [-0.05, 0) is 41.3 Å². The van der Waals surface area contributed by atoms with Crippen LogP contribution in [0.15, 0.2) is 46.9 Å². The lowest BCUT2D eigenvalue weighted by molar-refractivity contribution is 0.166. The van der Waals surface area contributed by atoms with Crippen molar-refractivity contribution in [1.82, 2.24) is 0 Å². The van der Waals surface area contributed by atoms with Crippen molar-refractivity contribution >= 4 is 22.6 Å². The molecule has 0 aliphatic rings. The number of aryl methyl sites for hydroxylation is 1. The van der Waals surface area contributed by atoms with Gasteiger partial charge >= 0.3 is 0 Å². The zero-order valence-electron chi connectivity index (χ0n) is 12.9. The Morgan fingerprint density at radius 3 is 2.68 bits per heavy atom. The quantitative estimate of drug-likeness (QED) is 0.576. The summed E-state index contributed by atoms with van der Waals surface area (Å²) in [6.45, 7) is 2.63. The number of benzene rings is 2. The molecular weight excluding hydrogens is 296 g/mol. The summed E-state index contributed by atoms with van der Waals surface area (Å²) < 4.78 is 11.2. The minimum Gasteiger partial charge on any atom is -0.458 e. The predicted octanol–water partition coefficient (Wildman–Crippen LogP) is 5.55. The van der Waals surface area contributed by atoms with Gasteiger partial charge in [0.25, 0.3) is 0 Å². The van der Waals surface area contributed by atoms with E-state index in [0.29, 0.717) is 12.5 Å². The highest BCUT2D eigenvalue weighted by atomic mass is 35.5. The number of hydrogen-bond donors (Lipinski definition) is 0. The van der Waals surface area contributed by atoms with Gasteiger partial charge in [-0.3, -0.25) is 0 Å². The van der Waals surface area contributed by atoms with E-state index < -0.39 is 0 Å². The fraction of sp³-hybridized carbons (Fsp3) is 0.263. The zero-order chi connectivity index (χ0) is 15.5. The number of methoxy groups -OCH3 is 1. The summed E-state index contributed by atoms with van der Waals surface area (Å²) in [4.78, 5) is 0. The maximum atomic E-state index is 6.06. The van der Waals surface area contributed by atoms with Crippen molar-refractivity contribution in [2.24, 2.45) is 0 Å². The average Bonchev–Trinajstić information content (AvgIpc) is 2.96. The largest absolute Gasteiger partial charge is 0.458 e. The Hall–Kier alpha value is -1.77. The molecule has 1 aromatic heterocycles. The van der Waals surface area contributed by atoms with Gasteiger partial charge < -0.3 is 9.15 Å². The number of furan rings is 1. The fourth-order valence-electron chi connectivity index (χ4n) is 2.73. The molecule has 3 rings (SSSR count). The van der Waals surface area contributed by atoms with Crippen molar-refractivity contribution in [3.05, 3.63) is 59.4 Å². The molecule has 0 aliphatic heterocycles. The first-order valence-electron chi connectivity index (χ1n) is 7.44. The Balaban J connectivity index is 2.21. The lowest BCUT2D eigenvalue weighted by Crippen LogP contribution is -1.86. The van der Waals surface area contributed by atoms with Crippen molar-refractivity contribution < 1.29 is 9.15 Å². The van der Waals surface area contributed by atoms with E-state index in [4.69, 9.17) is 20.8 Å². The molecule has 0 amide bonds. The van der Waals surface area contributed by atoms with Crippen LogP contribution in [0.5, 0.6) is 0 Å². The Morgan fingerprint density at radius 1 is 1.09 bits per heavy atom. The van der Waals surface area contributed by atoms with Crippen LogP contribution >= 0.6 is 11.6 Å². The first-order chi connectivity index (χ1) is 10.7. The zero-order valence-corrected chi connectivity index (χ0v) is 13.6. The average molecular weight is 315 g/mol. The van der Waals surface area contributed by atoms with Gasteiger partial charge in [0.15, 0.2) is 0 Å². The Morgan fingerprint density at radius 2 is 1.95 bits per heavy atom. The maximum absolute atomic E-state index is 6.06. The Kier molecular flexibility index (Phi) is 4.51. The number of fused-ring (bicyclic) bond motifs is 1. The Labute approximate surface area is 135 Å². The molecule has 0 radical (unpaired) electrons. The fourth-order valence-corrected chi connectivity index (χ4v) is 2.89. The second kappa shape index (κ2) is 6.55. The van der Waals surface area contributed by atoms with Crippen LogP contribution in [0.25, 0.3) is 22.1 Å². The van der Waals surface area contributed by atoms with Gasteiger partial charge in [-0.2, -0.15) is 0 Å². The molecule has 22 heavy (non-hydrogen) atoms. The van der Waals surface area contributed by atoms with E-state index in [9.17, 15) is 0 Å². The SMILES string of the molecule is CCc1cccc(-c2cc(CCl)cc3cc(COC)oc23)c1. The lowest BCUT2D eigenvalue weighted by atomic mass is 9.98. The number of ether oxygens (including phenoxy) is 1. The molecule has 0 unspecified atom stereocenters. The summed E-state index contributed by atoms with van der Waals surface area (Å²) in [5, 5.41) is 1.07. The summed E-state index contributed by atoms with van der Waals surface area (Å²) in [5.41, 5.74) is 5.55. The highest BCUT2D eigenvalue weighted by Gasteiger charge is 2.12. The maximum Gasteiger partial charge on any atom is 0.142 e.